The Morgan fingerprint density at radius 3 is 2.26 bits per heavy atom. The van der Waals surface area contributed by atoms with Gasteiger partial charge in [0.1, 0.15) is 11.7 Å². The number of anilines is 2. The minimum atomic E-state index is -1.21. The number of rotatable bonds is 8. The normalized spacial score (nSPS) is 11.7. The summed E-state index contributed by atoms with van der Waals surface area (Å²) in [5.74, 6) is -1.93. The fourth-order valence-corrected chi connectivity index (χ4v) is 3.39. The predicted octanol–water partition coefficient (Wildman–Crippen LogP) is 2.35. The second kappa shape index (κ2) is 9.15. The van der Waals surface area contributed by atoms with E-state index in [1.807, 2.05) is 0 Å². The number of amides is 1. The highest BCUT2D eigenvalue weighted by molar-refractivity contribution is 6.40. The molecular formula is C20H15Cl2N3O6. The molecule has 1 amide bonds. The van der Waals surface area contributed by atoms with Crippen LogP contribution in [0.1, 0.15) is 15.9 Å². The summed E-state index contributed by atoms with van der Waals surface area (Å²) in [6.45, 7) is 0. The number of pyridine rings is 1. The Morgan fingerprint density at radius 1 is 1.10 bits per heavy atom. The minimum absolute atomic E-state index is 0.00748. The van der Waals surface area contributed by atoms with E-state index in [4.69, 9.17) is 27.9 Å². The third kappa shape index (κ3) is 4.68. The number of ether oxygens (including phenoxy) is 1. The van der Waals surface area contributed by atoms with Gasteiger partial charge in [0, 0.05) is 24.5 Å². The number of benzene rings is 1. The van der Waals surface area contributed by atoms with E-state index < -0.39 is 28.8 Å². The summed E-state index contributed by atoms with van der Waals surface area (Å²) in [5, 5.41) is 14.8. The van der Waals surface area contributed by atoms with Crippen molar-refractivity contribution in [2.24, 2.45) is 0 Å². The Hall–Kier alpha value is -3.43. The van der Waals surface area contributed by atoms with Crippen LogP contribution < -0.4 is 26.2 Å². The number of halogens is 2. The molecule has 1 aromatic heterocycles. The Kier molecular flexibility index (Phi) is 6.57. The molecule has 0 aliphatic heterocycles. The van der Waals surface area contributed by atoms with Crippen LogP contribution >= 0.6 is 23.2 Å². The van der Waals surface area contributed by atoms with Crippen molar-refractivity contribution in [1.29, 1.82) is 0 Å². The molecule has 0 saturated heterocycles. The number of carboxylic acids is 1. The summed E-state index contributed by atoms with van der Waals surface area (Å²) >= 11 is 11.9. The number of aliphatic carboxylic acids is 1. The quantitative estimate of drug-likeness (QED) is 0.433. The number of hydrogen-bond acceptors (Lipinski definition) is 7. The highest BCUT2D eigenvalue weighted by Gasteiger charge is 2.27. The lowest BCUT2D eigenvalue weighted by Gasteiger charge is -2.18. The minimum Gasteiger partial charge on any atom is -0.491 e. The van der Waals surface area contributed by atoms with Gasteiger partial charge in [-0.3, -0.25) is 19.4 Å². The van der Waals surface area contributed by atoms with Gasteiger partial charge in [0.15, 0.2) is 5.75 Å². The van der Waals surface area contributed by atoms with Crippen LogP contribution in [0.2, 0.25) is 10.0 Å². The van der Waals surface area contributed by atoms with Gasteiger partial charge in [0.25, 0.3) is 16.8 Å². The monoisotopic (exact) mass is 463 g/mol. The first-order valence-corrected chi connectivity index (χ1v) is 9.54. The van der Waals surface area contributed by atoms with Crippen LogP contribution in [-0.2, 0) is 11.2 Å². The third-order valence-corrected chi connectivity index (χ3v) is 4.99. The van der Waals surface area contributed by atoms with Crippen LogP contribution in [0.5, 0.6) is 5.75 Å². The first-order valence-electron chi connectivity index (χ1n) is 8.78. The first kappa shape index (κ1) is 22.3. The number of nitrogens with one attached hydrogen (secondary N) is 2. The molecule has 1 atom stereocenters. The van der Waals surface area contributed by atoms with Crippen LogP contribution in [0.15, 0.2) is 46.2 Å². The maximum atomic E-state index is 12.4. The van der Waals surface area contributed by atoms with Gasteiger partial charge in [-0.1, -0.05) is 35.3 Å². The summed E-state index contributed by atoms with van der Waals surface area (Å²) in [6, 6.07) is 5.21. The molecule has 0 fully saturated rings. The van der Waals surface area contributed by atoms with Crippen LogP contribution in [-0.4, -0.2) is 35.1 Å². The molecule has 0 saturated carbocycles. The fraction of sp³-hybridized carbons (Fsp3) is 0.150. The molecule has 0 aliphatic carbocycles. The highest BCUT2D eigenvalue weighted by Crippen LogP contribution is 2.24. The second-order valence-corrected chi connectivity index (χ2v) is 7.25. The molecule has 3 aromatic rings. The van der Waals surface area contributed by atoms with Crippen LogP contribution in [0.3, 0.4) is 0 Å². The predicted molar refractivity (Wildman–Crippen MR) is 115 cm³/mol. The maximum Gasteiger partial charge on any atom is 0.326 e. The zero-order chi connectivity index (χ0) is 22.7. The molecule has 0 unspecified atom stereocenters. The summed E-state index contributed by atoms with van der Waals surface area (Å²) in [7, 11) is 1.22. The van der Waals surface area contributed by atoms with Crippen LogP contribution in [0.4, 0.5) is 11.4 Å². The van der Waals surface area contributed by atoms with Crippen molar-refractivity contribution in [3.63, 3.8) is 0 Å². The average Bonchev–Trinajstić information content (AvgIpc) is 2.73. The van der Waals surface area contributed by atoms with Crippen LogP contribution in [0.25, 0.3) is 0 Å². The van der Waals surface area contributed by atoms with Crippen molar-refractivity contribution < 1.29 is 19.4 Å². The van der Waals surface area contributed by atoms with Gasteiger partial charge < -0.3 is 20.5 Å². The molecular weight excluding hydrogens is 449 g/mol. The van der Waals surface area contributed by atoms with Crippen LogP contribution in [0, 0.1) is 0 Å². The third-order valence-electron chi connectivity index (χ3n) is 4.42. The van der Waals surface area contributed by atoms with Gasteiger partial charge in [-0.05, 0) is 17.7 Å². The van der Waals surface area contributed by atoms with Crippen molar-refractivity contribution in [1.82, 2.24) is 4.98 Å². The van der Waals surface area contributed by atoms with Crippen molar-refractivity contribution in [3.05, 3.63) is 78.3 Å². The van der Waals surface area contributed by atoms with E-state index in [9.17, 15) is 24.3 Å². The van der Waals surface area contributed by atoms with Gasteiger partial charge >= 0.3 is 5.97 Å². The molecule has 160 valence electrons. The van der Waals surface area contributed by atoms with Crippen molar-refractivity contribution >= 4 is 46.5 Å². The molecule has 31 heavy (non-hydrogen) atoms. The molecule has 11 heteroatoms. The number of carbonyl (C=O) groups excluding carboxylic acids is 1. The van der Waals surface area contributed by atoms with E-state index in [0.29, 0.717) is 11.3 Å². The first-order chi connectivity index (χ1) is 14.7. The molecule has 2 aromatic carbocycles. The van der Waals surface area contributed by atoms with Gasteiger partial charge in [0.2, 0.25) is 0 Å². The standard InChI is InChI=1S/C20H15Cl2N3O6/c1-31-18-15(16(26)17(18)27)25-13(20(29)30)6-9-2-4-10(5-3-9)24-19(28)14-11(21)7-23-8-12(14)22/h2-5,7-8,13,25H,6H2,1H3,(H,24,28)(H,29,30)/t13-/m0/s1. The van der Waals surface area contributed by atoms with Gasteiger partial charge in [-0.2, -0.15) is 0 Å². The van der Waals surface area contributed by atoms with E-state index in [1.54, 1.807) is 24.3 Å². The van der Waals surface area contributed by atoms with E-state index in [-0.39, 0.29) is 33.5 Å². The number of methoxy groups -OCH3 is 1. The Balaban J connectivity index is 1.71. The number of nitrogens with zero attached hydrogens (tertiary/aromatic N) is 1. The van der Waals surface area contributed by atoms with E-state index >= 15 is 0 Å². The average molecular weight is 464 g/mol. The van der Waals surface area contributed by atoms with Gasteiger partial charge in [0.05, 0.1) is 22.7 Å². The van der Waals surface area contributed by atoms with E-state index in [0.717, 1.165) is 0 Å². The molecule has 0 spiro atoms. The van der Waals surface area contributed by atoms with Gasteiger partial charge in [-0.25, -0.2) is 4.79 Å². The number of hydrogen-bond donors (Lipinski definition) is 3. The molecule has 1 heterocycles. The largest absolute Gasteiger partial charge is 0.491 e. The van der Waals surface area contributed by atoms with E-state index in [1.165, 1.54) is 19.5 Å². The van der Waals surface area contributed by atoms with E-state index in [2.05, 4.69) is 15.6 Å². The fourth-order valence-electron chi connectivity index (χ4n) is 2.85. The molecule has 0 radical (unpaired) electrons. The SMILES string of the molecule is COc1c(N[C@@H](Cc2ccc(NC(=O)c3c(Cl)cncc3Cl)cc2)C(=O)O)c(=O)c1=O. The smallest absolute Gasteiger partial charge is 0.326 e. The number of aromatic nitrogens is 1. The van der Waals surface area contributed by atoms with Crippen molar-refractivity contribution in [2.75, 3.05) is 17.7 Å². The molecule has 3 N–H and O–H groups in total. The van der Waals surface area contributed by atoms with Crippen molar-refractivity contribution in [2.45, 2.75) is 12.5 Å². The second-order valence-electron chi connectivity index (χ2n) is 6.43. The topological polar surface area (TPSA) is 135 Å². The number of carbonyl (C=O) groups is 2. The summed E-state index contributed by atoms with van der Waals surface area (Å²) in [5.41, 5.74) is -0.662. The molecule has 9 nitrogen and oxygen atoms in total. The lowest BCUT2D eigenvalue weighted by Crippen LogP contribution is -2.41. The zero-order valence-electron chi connectivity index (χ0n) is 15.9. The molecule has 0 bridgehead atoms. The molecule has 0 aliphatic rings. The number of carboxylic acid groups (broad SMARTS) is 1. The lowest BCUT2D eigenvalue weighted by atomic mass is 10.0. The maximum absolute atomic E-state index is 12.4. The Labute approximate surface area is 185 Å². The van der Waals surface area contributed by atoms with Crippen molar-refractivity contribution in [3.8, 4) is 5.75 Å². The Bertz CT molecular complexity index is 1200. The highest BCUT2D eigenvalue weighted by atomic mass is 35.5. The summed E-state index contributed by atoms with van der Waals surface area (Å²) < 4.78 is 4.81. The lowest BCUT2D eigenvalue weighted by molar-refractivity contribution is -0.137. The Morgan fingerprint density at radius 2 is 1.71 bits per heavy atom. The van der Waals surface area contributed by atoms with Gasteiger partial charge in [-0.15, -0.1) is 0 Å². The molecule has 3 rings (SSSR count). The summed E-state index contributed by atoms with van der Waals surface area (Å²) in [4.78, 5) is 50.8. The zero-order valence-corrected chi connectivity index (χ0v) is 17.5. The summed E-state index contributed by atoms with van der Waals surface area (Å²) in [6.07, 6.45) is 2.61.